The van der Waals surface area contributed by atoms with Gasteiger partial charge in [0.2, 0.25) is 5.91 Å². The minimum absolute atomic E-state index is 0.259. The summed E-state index contributed by atoms with van der Waals surface area (Å²) in [5.41, 5.74) is 4.10. The second kappa shape index (κ2) is 8.52. The van der Waals surface area contributed by atoms with Crippen LogP contribution in [0.4, 0.5) is 10.1 Å². The molecule has 1 N–H and O–H groups in total. The van der Waals surface area contributed by atoms with Gasteiger partial charge in [-0.3, -0.25) is 9.48 Å². The molecule has 8 heteroatoms. The molecule has 30 heavy (non-hydrogen) atoms. The first kappa shape index (κ1) is 19.3. The van der Waals surface area contributed by atoms with Gasteiger partial charge in [-0.15, -0.1) is 0 Å². The van der Waals surface area contributed by atoms with Crippen molar-refractivity contribution in [1.82, 2.24) is 24.8 Å². The molecule has 0 radical (unpaired) electrons. The maximum atomic E-state index is 13.2. The van der Waals surface area contributed by atoms with E-state index in [-0.39, 0.29) is 11.7 Å². The van der Waals surface area contributed by atoms with Gasteiger partial charge in [-0.25, -0.2) is 4.39 Å². The van der Waals surface area contributed by atoms with E-state index in [9.17, 15) is 9.18 Å². The predicted molar refractivity (Wildman–Crippen MR) is 112 cm³/mol. The Hall–Kier alpha value is -4.07. The van der Waals surface area contributed by atoms with Crippen LogP contribution >= 0.6 is 0 Å². The highest BCUT2D eigenvalue weighted by Crippen LogP contribution is 2.24. The van der Waals surface area contributed by atoms with Crippen molar-refractivity contribution in [2.75, 3.05) is 5.32 Å². The van der Waals surface area contributed by atoms with Crippen LogP contribution in [0.2, 0.25) is 0 Å². The molecule has 7 nitrogen and oxygen atoms in total. The fourth-order valence-electron chi connectivity index (χ4n) is 3.07. The molecule has 4 rings (SSSR count). The SMILES string of the molecule is Cn1ncc(C=CC(=O)Nc2ccc(Cn3nccn3)cc2)c1-c1ccc(F)cc1. The molecule has 0 saturated heterocycles. The van der Waals surface area contributed by atoms with Gasteiger partial charge in [-0.05, 0) is 48.0 Å². The van der Waals surface area contributed by atoms with Crippen molar-refractivity contribution in [2.45, 2.75) is 6.54 Å². The lowest BCUT2D eigenvalue weighted by Gasteiger charge is -2.05. The Morgan fingerprint density at radius 1 is 1.03 bits per heavy atom. The number of amides is 1. The smallest absolute Gasteiger partial charge is 0.248 e. The van der Waals surface area contributed by atoms with Crippen molar-refractivity contribution < 1.29 is 9.18 Å². The fourth-order valence-corrected chi connectivity index (χ4v) is 3.07. The van der Waals surface area contributed by atoms with Crippen LogP contribution in [0.1, 0.15) is 11.1 Å². The van der Waals surface area contributed by atoms with Gasteiger partial charge < -0.3 is 5.32 Å². The lowest BCUT2D eigenvalue weighted by molar-refractivity contribution is -0.111. The van der Waals surface area contributed by atoms with Crippen LogP contribution in [0.3, 0.4) is 0 Å². The summed E-state index contributed by atoms with van der Waals surface area (Å²) in [6.45, 7) is 0.564. The molecule has 0 bridgehead atoms. The number of hydrogen-bond acceptors (Lipinski definition) is 4. The Morgan fingerprint density at radius 2 is 1.73 bits per heavy atom. The lowest BCUT2D eigenvalue weighted by Crippen LogP contribution is -2.08. The molecule has 1 amide bonds. The van der Waals surface area contributed by atoms with Crippen LogP contribution in [0.15, 0.2) is 73.2 Å². The van der Waals surface area contributed by atoms with E-state index in [1.165, 1.54) is 18.2 Å². The van der Waals surface area contributed by atoms with Crippen LogP contribution in [0.5, 0.6) is 0 Å². The van der Waals surface area contributed by atoms with E-state index < -0.39 is 0 Å². The lowest BCUT2D eigenvalue weighted by atomic mass is 10.1. The summed E-state index contributed by atoms with van der Waals surface area (Å²) in [5, 5.41) is 15.2. The molecule has 0 unspecified atom stereocenters. The van der Waals surface area contributed by atoms with Crippen LogP contribution in [-0.2, 0) is 18.4 Å². The summed E-state index contributed by atoms with van der Waals surface area (Å²) < 4.78 is 14.9. The Balaban J connectivity index is 1.42. The molecular formula is C22H19FN6O. The van der Waals surface area contributed by atoms with Gasteiger partial charge in [-0.1, -0.05) is 12.1 Å². The summed E-state index contributed by atoms with van der Waals surface area (Å²) in [4.78, 5) is 13.9. The van der Waals surface area contributed by atoms with E-state index in [1.54, 1.807) is 53.3 Å². The molecule has 2 heterocycles. The quantitative estimate of drug-likeness (QED) is 0.501. The minimum atomic E-state index is -0.302. The Bertz CT molecular complexity index is 1160. The molecule has 0 fully saturated rings. The predicted octanol–water partition coefficient (Wildman–Crippen LogP) is 3.52. The normalized spacial score (nSPS) is 11.1. The maximum absolute atomic E-state index is 13.2. The molecule has 0 saturated carbocycles. The third-order valence-electron chi connectivity index (χ3n) is 4.51. The summed E-state index contributed by atoms with van der Waals surface area (Å²) in [7, 11) is 1.80. The van der Waals surface area contributed by atoms with Gasteiger partial charge >= 0.3 is 0 Å². The van der Waals surface area contributed by atoms with Crippen LogP contribution in [-0.4, -0.2) is 30.7 Å². The second-order valence-electron chi connectivity index (χ2n) is 6.66. The minimum Gasteiger partial charge on any atom is -0.323 e. The first-order valence-corrected chi connectivity index (χ1v) is 9.28. The van der Waals surface area contributed by atoms with Crippen LogP contribution in [0, 0.1) is 5.82 Å². The summed E-state index contributed by atoms with van der Waals surface area (Å²) in [6, 6.07) is 13.7. The number of carbonyl (C=O) groups excluding carboxylic acids is 1. The zero-order valence-electron chi connectivity index (χ0n) is 16.2. The van der Waals surface area contributed by atoms with E-state index in [0.29, 0.717) is 12.2 Å². The van der Waals surface area contributed by atoms with E-state index in [4.69, 9.17) is 0 Å². The molecule has 2 aromatic carbocycles. The van der Waals surface area contributed by atoms with Gasteiger partial charge in [0.1, 0.15) is 5.82 Å². The number of aromatic nitrogens is 5. The molecule has 2 aromatic heterocycles. The molecule has 0 atom stereocenters. The maximum Gasteiger partial charge on any atom is 0.248 e. The van der Waals surface area contributed by atoms with E-state index in [2.05, 4.69) is 20.6 Å². The molecule has 0 aliphatic carbocycles. The highest BCUT2D eigenvalue weighted by Gasteiger charge is 2.09. The van der Waals surface area contributed by atoms with Gasteiger partial charge in [0.25, 0.3) is 0 Å². The number of hydrogen-bond donors (Lipinski definition) is 1. The summed E-state index contributed by atoms with van der Waals surface area (Å²) in [5.74, 6) is -0.560. The van der Waals surface area contributed by atoms with Gasteiger partial charge in [0.05, 0.1) is 30.8 Å². The first-order chi connectivity index (χ1) is 14.6. The van der Waals surface area contributed by atoms with Crippen molar-refractivity contribution in [1.29, 1.82) is 0 Å². The van der Waals surface area contributed by atoms with Gasteiger partial charge in [0.15, 0.2) is 0 Å². The van der Waals surface area contributed by atoms with Gasteiger partial charge in [0, 0.05) is 29.9 Å². The van der Waals surface area contributed by atoms with E-state index in [1.807, 2.05) is 24.3 Å². The summed E-state index contributed by atoms with van der Waals surface area (Å²) >= 11 is 0. The van der Waals surface area contributed by atoms with Crippen molar-refractivity contribution in [3.63, 3.8) is 0 Å². The largest absolute Gasteiger partial charge is 0.323 e. The number of carbonyl (C=O) groups is 1. The topological polar surface area (TPSA) is 77.6 Å². The zero-order chi connectivity index (χ0) is 20.9. The molecule has 150 valence electrons. The van der Waals surface area contributed by atoms with Crippen LogP contribution < -0.4 is 5.32 Å². The summed E-state index contributed by atoms with van der Waals surface area (Å²) in [6.07, 6.45) is 8.07. The number of rotatable bonds is 6. The molecule has 4 aromatic rings. The number of anilines is 1. The molecule has 0 aliphatic rings. The number of benzene rings is 2. The standard InChI is InChI=1S/C22H19FN6O/c1-28-22(17-4-7-19(23)8-5-17)18(14-26-28)6-11-21(30)27-20-9-2-16(3-10-20)15-29-24-12-13-25-29/h2-14H,15H2,1H3,(H,27,30). The van der Waals surface area contributed by atoms with E-state index in [0.717, 1.165) is 22.4 Å². The zero-order valence-corrected chi connectivity index (χ0v) is 16.2. The number of halogens is 1. The molecule has 0 spiro atoms. The molecule has 0 aliphatic heterocycles. The van der Waals surface area contributed by atoms with E-state index >= 15 is 0 Å². The number of nitrogens with one attached hydrogen (secondary N) is 1. The average Bonchev–Trinajstić information content (AvgIpc) is 3.38. The highest BCUT2D eigenvalue weighted by molar-refractivity contribution is 6.02. The number of aryl methyl sites for hydroxylation is 1. The Morgan fingerprint density at radius 3 is 2.43 bits per heavy atom. The Labute approximate surface area is 172 Å². The second-order valence-corrected chi connectivity index (χ2v) is 6.66. The van der Waals surface area contributed by atoms with Crippen molar-refractivity contribution >= 4 is 17.7 Å². The monoisotopic (exact) mass is 402 g/mol. The van der Waals surface area contributed by atoms with Crippen LogP contribution in [0.25, 0.3) is 17.3 Å². The van der Waals surface area contributed by atoms with Crippen molar-refractivity contribution in [3.05, 3.63) is 90.1 Å². The average molecular weight is 402 g/mol. The highest BCUT2D eigenvalue weighted by atomic mass is 19.1. The van der Waals surface area contributed by atoms with Crippen molar-refractivity contribution in [3.8, 4) is 11.3 Å². The first-order valence-electron chi connectivity index (χ1n) is 9.28. The fraction of sp³-hybridized carbons (Fsp3) is 0.0909. The number of nitrogens with zero attached hydrogens (tertiary/aromatic N) is 5. The molecular weight excluding hydrogens is 383 g/mol. The van der Waals surface area contributed by atoms with Crippen molar-refractivity contribution in [2.24, 2.45) is 7.05 Å². The third kappa shape index (κ3) is 4.49. The third-order valence-corrected chi connectivity index (χ3v) is 4.51. The van der Waals surface area contributed by atoms with Gasteiger partial charge in [-0.2, -0.15) is 20.1 Å². The Kier molecular flexibility index (Phi) is 5.47.